The first-order valence-electron chi connectivity index (χ1n) is 5.96. The third kappa shape index (κ3) is 4.96. The zero-order chi connectivity index (χ0) is 12.1. The molecule has 0 saturated carbocycles. The molecular weight excluding hydrogens is 316 g/mol. The van der Waals surface area contributed by atoms with Gasteiger partial charge in [-0.15, -0.1) is 12.4 Å². The van der Waals surface area contributed by atoms with E-state index < -0.39 is 0 Å². The van der Waals surface area contributed by atoms with Gasteiger partial charge in [0.25, 0.3) is 0 Å². The summed E-state index contributed by atoms with van der Waals surface area (Å²) in [6.07, 6.45) is 1.37. The van der Waals surface area contributed by atoms with Crippen molar-refractivity contribution in [3.05, 3.63) is 34.3 Å². The van der Waals surface area contributed by atoms with Crippen LogP contribution in [0.4, 0.5) is 0 Å². The molecule has 1 aromatic rings. The molecule has 2 N–H and O–H groups in total. The van der Waals surface area contributed by atoms with Gasteiger partial charge in [0.05, 0.1) is 0 Å². The maximum absolute atomic E-state index is 11.6. The fourth-order valence-corrected chi connectivity index (χ4v) is 2.24. The van der Waals surface area contributed by atoms with Gasteiger partial charge in [-0.05, 0) is 24.1 Å². The quantitative estimate of drug-likeness (QED) is 0.867. The Morgan fingerprint density at radius 1 is 1.44 bits per heavy atom. The number of hydrogen-bond acceptors (Lipinski definition) is 2. The highest BCUT2D eigenvalue weighted by Gasteiger charge is 2.16. The number of rotatable bonds is 5. The van der Waals surface area contributed by atoms with Crippen molar-refractivity contribution in [3.8, 4) is 0 Å². The summed E-state index contributed by atoms with van der Waals surface area (Å²) >= 11 is 3.43. The number of hydrogen-bond donors (Lipinski definition) is 2. The van der Waals surface area contributed by atoms with E-state index in [9.17, 15) is 4.79 Å². The lowest BCUT2D eigenvalue weighted by Gasteiger charge is -2.27. The number of carbonyl (C=O) groups excluding carboxylic acids is 1. The van der Waals surface area contributed by atoms with E-state index >= 15 is 0 Å². The molecule has 0 radical (unpaired) electrons. The highest BCUT2D eigenvalue weighted by molar-refractivity contribution is 9.10. The predicted octanol–water partition coefficient (Wildman–Crippen LogP) is 2.14. The number of halogens is 2. The van der Waals surface area contributed by atoms with Crippen LogP contribution in [0.5, 0.6) is 0 Å². The Morgan fingerprint density at radius 3 is 2.83 bits per heavy atom. The lowest BCUT2D eigenvalue weighted by atomic mass is 10.0. The Hall–Kier alpha value is -0.580. The predicted molar refractivity (Wildman–Crippen MR) is 79.1 cm³/mol. The van der Waals surface area contributed by atoms with Crippen molar-refractivity contribution in [3.63, 3.8) is 0 Å². The summed E-state index contributed by atoms with van der Waals surface area (Å²) in [6, 6.07) is 8.10. The normalized spacial score (nSPS) is 14.5. The van der Waals surface area contributed by atoms with Crippen LogP contribution in [0.15, 0.2) is 28.7 Å². The van der Waals surface area contributed by atoms with Crippen LogP contribution in [0.25, 0.3) is 0 Å². The van der Waals surface area contributed by atoms with Crippen LogP contribution >= 0.6 is 28.3 Å². The highest BCUT2D eigenvalue weighted by Crippen LogP contribution is 2.12. The molecule has 1 fully saturated rings. The Morgan fingerprint density at radius 2 is 2.22 bits per heavy atom. The summed E-state index contributed by atoms with van der Waals surface area (Å²) in [7, 11) is 0. The molecule has 0 aliphatic carbocycles. The molecule has 1 saturated heterocycles. The third-order valence-electron chi connectivity index (χ3n) is 2.98. The van der Waals surface area contributed by atoms with Gasteiger partial charge in [-0.2, -0.15) is 0 Å². The zero-order valence-electron chi connectivity index (χ0n) is 10.1. The van der Waals surface area contributed by atoms with E-state index in [0.717, 1.165) is 30.5 Å². The van der Waals surface area contributed by atoms with E-state index in [0.29, 0.717) is 12.3 Å². The molecule has 0 aromatic heterocycles. The first-order chi connectivity index (χ1) is 8.24. The van der Waals surface area contributed by atoms with Crippen molar-refractivity contribution >= 4 is 34.2 Å². The summed E-state index contributed by atoms with van der Waals surface area (Å²) in [5.41, 5.74) is 1.19. The van der Waals surface area contributed by atoms with Crippen LogP contribution in [0, 0.1) is 5.92 Å². The summed E-state index contributed by atoms with van der Waals surface area (Å²) in [5, 5.41) is 6.17. The molecule has 0 spiro atoms. The average Bonchev–Trinajstić information content (AvgIpc) is 2.24. The molecule has 0 atom stereocenters. The standard InChI is InChI=1S/C13H17BrN2O.ClH/c14-12-3-1-2-10(6-12)4-5-13(17)16-9-11-7-15-8-11;/h1-3,6,11,15H,4-5,7-9H2,(H,16,17);1H. The van der Waals surface area contributed by atoms with E-state index in [1.807, 2.05) is 18.2 Å². The maximum atomic E-state index is 11.6. The number of carbonyl (C=O) groups is 1. The van der Waals surface area contributed by atoms with Crippen molar-refractivity contribution in [2.75, 3.05) is 19.6 Å². The molecule has 5 heteroatoms. The second-order valence-electron chi connectivity index (χ2n) is 4.46. The van der Waals surface area contributed by atoms with Crippen molar-refractivity contribution in [2.24, 2.45) is 5.92 Å². The topological polar surface area (TPSA) is 41.1 Å². The maximum Gasteiger partial charge on any atom is 0.220 e. The highest BCUT2D eigenvalue weighted by atomic mass is 79.9. The van der Waals surface area contributed by atoms with Crippen LogP contribution in [-0.2, 0) is 11.2 Å². The molecule has 2 rings (SSSR count). The minimum absolute atomic E-state index is 0. The first kappa shape index (κ1) is 15.5. The lowest BCUT2D eigenvalue weighted by molar-refractivity contribution is -0.121. The van der Waals surface area contributed by atoms with Gasteiger partial charge >= 0.3 is 0 Å². The molecule has 3 nitrogen and oxygen atoms in total. The minimum Gasteiger partial charge on any atom is -0.356 e. The van der Waals surface area contributed by atoms with Gasteiger partial charge in [0.1, 0.15) is 0 Å². The molecule has 1 aromatic carbocycles. The molecule has 1 heterocycles. The summed E-state index contributed by atoms with van der Waals surface area (Å²) in [6.45, 7) is 2.88. The Labute approximate surface area is 122 Å². The molecule has 0 unspecified atom stereocenters. The van der Waals surface area contributed by atoms with Crippen LogP contribution < -0.4 is 10.6 Å². The molecule has 1 aliphatic rings. The van der Waals surface area contributed by atoms with Crippen LogP contribution in [0.1, 0.15) is 12.0 Å². The number of aryl methyl sites for hydroxylation is 1. The van der Waals surface area contributed by atoms with E-state index in [-0.39, 0.29) is 18.3 Å². The van der Waals surface area contributed by atoms with E-state index in [4.69, 9.17) is 0 Å². The molecular formula is C13H18BrClN2O. The van der Waals surface area contributed by atoms with Crippen molar-refractivity contribution < 1.29 is 4.79 Å². The minimum atomic E-state index is 0. The van der Waals surface area contributed by atoms with Crippen molar-refractivity contribution in [1.29, 1.82) is 0 Å². The Bertz CT molecular complexity index is 396. The van der Waals surface area contributed by atoms with E-state index in [1.54, 1.807) is 0 Å². The summed E-state index contributed by atoms with van der Waals surface area (Å²) in [5.74, 6) is 0.779. The van der Waals surface area contributed by atoms with Gasteiger partial charge in [0, 0.05) is 36.4 Å². The fraction of sp³-hybridized carbons (Fsp3) is 0.462. The smallest absolute Gasteiger partial charge is 0.220 e. The number of amides is 1. The number of benzene rings is 1. The third-order valence-corrected chi connectivity index (χ3v) is 3.48. The van der Waals surface area contributed by atoms with Gasteiger partial charge in [0.15, 0.2) is 0 Å². The van der Waals surface area contributed by atoms with Gasteiger partial charge in [0.2, 0.25) is 5.91 Å². The lowest BCUT2D eigenvalue weighted by Crippen LogP contribution is -2.48. The molecule has 0 bridgehead atoms. The van der Waals surface area contributed by atoms with E-state index in [1.165, 1.54) is 5.56 Å². The Balaban J connectivity index is 0.00000162. The Kier molecular flexibility index (Phi) is 6.68. The van der Waals surface area contributed by atoms with Gasteiger partial charge in [-0.1, -0.05) is 28.1 Å². The van der Waals surface area contributed by atoms with E-state index in [2.05, 4.69) is 32.6 Å². The monoisotopic (exact) mass is 332 g/mol. The van der Waals surface area contributed by atoms with Gasteiger partial charge in [-0.3, -0.25) is 4.79 Å². The van der Waals surface area contributed by atoms with Crippen molar-refractivity contribution in [1.82, 2.24) is 10.6 Å². The zero-order valence-corrected chi connectivity index (χ0v) is 12.5. The second-order valence-corrected chi connectivity index (χ2v) is 5.37. The average molecular weight is 334 g/mol. The molecule has 18 heavy (non-hydrogen) atoms. The molecule has 1 amide bonds. The first-order valence-corrected chi connectivity index (χ1v) is 6.75. The van der Waals surface area contributed by atoms with Crippen LogP contribution in [0.3, 0.4) is 0 Å². The summed E-state index contributed by atoms with van der Waals surface area (Å²) in [4.78, 5) is 11.6. The molecule has 1 aliphatic heterocycles. The van der Waals surface area contributed by atoms with Gasteiger partial charge < -0.3 is 10.6 Å². The summed E-state index contributed by atoms with van der Waals surface area (Å²) < 4.78 is 1.07. The second kappa shape index (κ2) is 7.77. The largest absolute Gasteiger partial charge is 0.356 e. The number of nitrogens with one attached hydrogen (secondary N) is 2. The van der Waals surface area contributed by atoms with Crippen molar-refractivity contribution in [2.45, 2.75) is 12.8 Å². The van der Waals surface area contributed by atoms with Crippen LogP contribution in [0.2, 0.25) is 0 Å². The van der Waals surface area contributed by atoms with Gasteiger partial charge in [-0.25, -0.2) is 0 Å². The van der Waals surface area contributed by atoms with Crippen LogP contribution in [-0.4, -0.2) is 25.5 Å². The SMILES string of the molecule is Cl.O=C(CCc1cccc(Br)c1)NCC1CNC1. The fourth-order valence-electron chi connectivity index (χ4n) is 1.79. The molecule has 100 valence electrons.